The van der Waals surface area contributed by atoms with Crippen LogP contribution in [0.3, 0.4) is 0 Å². The summed E-state index contributed by atoms with van der Waals surface area (Å²) in [5.41, 5.74) is 4.22. The van der Waals surface area contributed by atoms with E-state index in [1.807, 2.05) is 29.9 Å². The first-order chi connectivity index (χ1) is 11.6. The summed E-state index contributed by atoms with van der Waals surface area (Å²) < 4.78 is 17.6. The summed E-state index contributed by atoms with van der Waals surface area (Å²) in [5.74, 6) is -0.220. The van der Waals surface area contributed by atoms with Gasteiger partial charge in [-0.25, -0.2) is 9.37 Å². The molecule has 0 spiro atoms. The maximum Gasteiger partial charge on any atom is 0.141 e. The van der Waals surface area contributed by atoms with E-state index in [9.17, 15) is 9.50 Å². The summed E-state index contributed by atoms with van der Waals surface area (Å²) in [4.78, 5) is 6.51. The van der Waals surface area contributed by atoms with Gasteiger partial charge in [0, 0.05) is 59.2 Å². The van der Waals surface area contributed by atoms with Crippen LogP contribution in [0.15, 0.2) is 35.1 Å². The Bertz CT molecular complexity index is 938. The first-order valence-electron chi connectivity index (χ1n) is 7.88. The smallest absolute Gasteiger partial charge is 0.141 e. The second-order valence-electron chi connectivity index (χ2n) is 6.07. The van der Waals surface area contributed by atoms with E-state index in [-0.39, 0.29) is 12.4 Å². The van der Waals surface area contributed by atoms with E-state index in [1.54, 1.807) is 12.3 Å². The van der Waals surface area contributed by atoms with Crippen molar-refractivity contribution in [2.75, 3.05) is 24.6 Å². The highest BCUT2D eigenvalue weighted by Gasteiger charge is 2.23. The quantitative estimate of drug-likeness (QED) is 0.745. The zero-order chi connectivity index (χ0) is 16.8. The van der Waals surface area contributed by atoms with Crippen LogP contribution in [0.4, 0.5) is 10.1 Å². The average molecular weight is 390 g/mol. The largest absolute Gasteiger partial charge is 0.395 e. The molecule has 3 aromatic rings. The average Bonchev–Trinajstić information content (AvgIpc) is 3.09. The molecule has 1 N–H and O–H groups in total. The Kier molecular flexibility index (Phi) is 3.81. The highest BCUT2D eigenvalue weighted by Crippen LogP contribution is 2.39. The normalized spacial score (nSPS) is 13.8. The fraction of sp³-hybridized carbons (Fsp3) is 0.278. The lowest BCUT2D eigenvalue weighted by atomic mass is 10.0. The summed E-state index contributed by atoms with van der Waals surface area (Å²) in [6, 6.07) is 5.40. The molecular formula is C18H17BrFN3O. The molecule has 24 heavy (non-hydrogen) atoms. The van der Waals surface area contributed by atoms with Crippen molar-refractivity contribution in [2.45, 2.75) is 6.42 Å². The molecule has 1 aliphatic rings. The van der Waals surface area contributed by atoms with Crippen LogP contribution in [-0.2, 0) is 13.5 Å². The van der Waals surface area contributed by atoms with Crippen molar-refractivity contribution in [2.24, 2.45) is 7.05 Å². The Labute approximate surface area is 147 Å². The maximum atomic E-state index is 14.8. The van der Waals surface area contributed by atoms with Gasteiger partial charge in [-0.1, -0.05) is 0 Å². The molecule has 124 valence electrons. The summed E-state index contributed by atoms with van der Waals surface area (Å²) in [6.45, 7) is 1.48. The Morgan fingerprint density at radius 2 is 2.17 bits per heavy atom. The third-order valence-corrected chi connectivity index (χ3v) is 5.29. The van der Waals surface area contributed by atoms with Gasteiger partial charge in [-0.15, -0.1) is 0 Å². The SMILES string of the molecule is Cn1cc(-c2cc3c(cc2F)CCN3CCO)c2c(Br)ccnc21. The number of hydrogen-bond acceptors (Lipinski definition) is 3. The number of rotatable bonds is 3. The van der Waals surface area contributed by atoms with Crippen molar-refractivity contribution in [1.82, 2.24) is 9.55 Å². The summed E-state index contributed by atoms with van der Waals surface area (Å²) in [7, 11) is 1.91. The van der Waals surface area contributed by atoms with Crippen LogP contribution in [0.1, 0.15) is 5.56 Å². The number of fused-ring (bicyclic) bond motifs is 2. The molecule has 1 aromatic carbocycles. The number of benzene rings is 1. The monoisotopic (exact) mass is 389 g/mol. The molecule has 3 heterocycles. The molecule has 0 amide bonds. The second kappa shape index (κ2) is 5.86. The fourth-order valence-electron chi connectivity index (χ4n) is 3.50. The molecule has 0 unspecified atom stereocenters. The third-order valence-electron chi connectivity index (χ3n) is 4.63. The molecule has 1 aliphatic heterocycles. The van der Waals surface area contributed by atoms with E-state index in [0.29, 0.717) is 12.1 Å². The van der Waals surface area contributed by atoms with Crippen molar-refractivity contribution < 1.29 is 9.50 Å². The van der Waals surface area contributed by atoms with Gasteiger partial charge in [-0.05, 0) is 46.1 Å². The zero-order valence-electron chi connectivity index (χ0n) is 13.3. The molecule has 2 aromatic heterocycles. The minimum atomic E-state index is -0.220. The van der Waals surface area contributed by atoms with Gasteiger partial charge in [0.1, 0.15) is 11.5 Å². The minimum Gasteiger partial charge on any atom is -0.395 e. The van der Waals surface area contributed by atoms with E-state index in [4.69, 9.17) is 0 Å². The Morgan fingerprint density at radius 1 is 1.33 bits per heavy atom. The van der Waals surface area contributed by atoms with E-state index in [0.717, 1.165) is 45.3 Å². The number of aliphatic hydroxyl groups is 1. The number of pyridine rings is 1. The van der Waals surface area contributed by atoms with Crippen LogP contribution in [0.2, 0.25) is 0 Å². The van der Waals surface area contributed by atoms with Gasteiger partial charge >= 0.3 is 0 Å². The number of aryl methyl sites for hydroxylation is 1. The lowest BCUT2D eigenvalue weighted by molar-refractivity contribution is 0.303. The lowest BCUT2D eigenvalue weighted by Crippen LogP contribution is -2.24. The van der Waals surface area contributed by atoms with E-state index in [2.05, 4.69) is 25.8 Å². The van der Waals surface area contributed by atoms with Gasteiger partial charge in [-0.2, -0.15) is 0 Å². The van der Waals surface area contributed by atoms with E-state index >= 15 is 0 Å². The summed E-state index contributed by atoms with van der Waals surface area (Å²) in [6.07, 6.45) is 4.46. The topological polar surface area (TPSA) is 41.3 Å². The highest BCUT2D eigenvalue weighted by molar-refractivity contribution is 9.10. The first-order valence-corrected chi connectivity index (χ1v) is 8.67. The lowest BCUT2D eigenvalue weighted by Gasteiger charge is -2.18. The van der Waals surface area contributed by atoms with Crippen molar-refractivity contribution in [3.63, 3.8) is 0 Å². The molecule has 0 radical (unpaired) electrons. The zero-order valence-corrected chi connectivity index (χ0v) is 14.8. The number of halogens is 2. The van der Waals surface area contributed by atoms with Gasteiger partial charge in [0.05, 0.1) is 6.61 Å². The fourth-order valence-corrected chi connectivity index (χ4v) is 4.01. The molecule has 6 heteroatoms. The van der Waals surface area contributed by atoms with Crippen LogP contribution < -0.4 is 4.90 Å². The highest BCUT2D eigenvalue weighted by atomic mass is 79.9. The number of β-amino-alcohol motifs (C(OH)–C–C–N with tert-alkyl or cyclic N) is 1. The van der Waals surface area contributed by atoms with Crippen LogP contribution in [0, 0.1) is 5.82 Å². The second-order valence-corrected chi connectivity index (χ2v) is 6.92. The van der Waals surface area contributed by atoms with Gasteiger partial charge in [0.2, 0.25) is 0 Å². The van der Waals surface area contributed by atoms with Crippen molar-refractivity contribution in [3.05, 3.63) is 46.4 Å². The molecule has 0 saturated carbocycles. The molecule has 4 nitrogen and oxygen atoms in total. The molecule has 0 atom stereocenters. The minimum absolute atomic E-state index is 0.0931. The molecule has 4 rings (SSSR count). The first kappa shape index (κ1) is 15.6. The Morgan fingerprint density at radius 3 is 2.96 bits per heavy atom. The predicted molar refractivity (Wildman–Crippen MR) is 96.8 cm³/mol. The van der Waals surface area contributed by atoms with E-state index in [1.165, 1.54) is 0 Å². The maximum absolute atomic E-state index is 14.8. The molecule has 0 saturated heterocycles. The summed E-state index contributed by atoms with van der Waals surface area (Å²) >= 11 is 3.56. The Balaban J connectivity index is 1.94. The summed E-state index contributed by atoms with van der Waals surface area (Å²) in [5, 5.41) is 10.1. The third kappa shape index (κ3) is 2.32. The van der Waals surface area contributed by atoms with Gasteiger partial charge in [-0.3, -0.25) is 0 Å². The van der Waals surface area contributed by atoms with Crippen molar-refractivity contribution in [1.29, 1.82) is 0 Å². The number of hydrogen-bond donors (Lipinski definition) is 1. The van der Waals surface area contributed by atoms with Crippen LogP contribution in [0.25, 0.3) is 22.2 Å². The van der Waals surface area contributed by atoms with Crippen molar-refractivity contribution in [3.8, 4) is 11.1 Å². The van der Waals surface area contributed by atoms with Gasteiger partial charge < -0.3 is 14.6 Å². The number of aliphatic hydroxyl groups excluding tert-OH is 1. The molecule has 0 fully saturated rings. The Hall–Kier alpha value is -1.92. The van der Waals surface area contributed by atoms with Gasteiger partial charge in [0.25, 0.3) is 0 Å². The van der Waals surface area contributed by atoms with Crippen LogP contribution >= 0.6 is 15.9 Å². The molecular weight excluding hydrogens is 373 g/mol. The van der Waals surface area contributed by atoms with E-state index < -0.39 is 0 Å². The molecule has 0 bridgehead atoms. The van der Waals surface area contributed by atoms with Crippen molar-refractivity contribution >= 4 is 32.7 Å². The number of aromatic nitrogens is 2. The van der Waals surface area contributed by atoms with Crippen LogP contribution in [-0.4, -0.2) is 34.4 Å². The molecule has 0 aliphatic carbocycles. The predicted octanol–water partition coefficient (Wildman–Crippen LogP) is 3.50. The number of nitrogens with zero attached hydrogens (tertiary/aromatic N) is 3. The number of anilines is 1. The van der Waals surface area contributed by atoms with Crippen LogP contribution in [0.5, 0.6) is 0 Å². The van der Waals surface area contributed by atoms with Gasteiger partial charge in [0.15, 0.2) is 0 Å². The standard InChI is InChI=1S/C18H17BrFN3O/c1-22-10-13(17-14(19)2-4-21-18(17)22)12-9-16-11(8-15(12)20)3-5-23(16)6-7-24/h2,4,8-10,24H,3,5-7H2,1H3.